The third-order valence-electron chi connectivity index (χ3n) is 6.25. The molecule has 2 aromatic carbocycles. The van der Waals surface area contributed by atoms with Gasteiger partial charge in [-0.2, -0.15) is 0 Å². The van der Waals surface area contributed by atoms with E-state index in [9.17, 15) is 12.8 Å². The van der Waals surface area contributed by atoms with Crippen LogP contribution in [-0.4, -0.2) is 44.5 Å². The van der Waals surface area contributed by atoms with Gasteiger partial charge in [-0.15, -0.1) is 0 Å². The molecule has 0 bridgehead atoms. The molecule has 1 aliphatic rings. The zero-order valence-corrected chi connectivity index (χ0v) is 19.8. The van der Waals surface area contributed by atoms with Crippen molar-refractivity contribution in [3.8, 4) is 0 Å². The Kier molecular flexibility index (Phi) is 6.95. The van der Waals surface area contributed by atoms with Crippen molar-refractivity contribution in [2.24, 2.45) is 0 Å². The second-order valence-electron chi connectivity index (χ2n) is 8.65. The van der Waals surface area contributed by atoms with Crippen LogP contribution in [0.15, 0.2) is 59.6 Å². The van der Waals surface area contributed by atoms with E-state index in [4.69, 9.17) is 0 Å². The van der Waals surface area contributed by atoms with E-state index in [-0.39, 0.29) is 17.3 Å². The number of pyridine rings is 1. The first-order chi connectivity index (χ1) is 16.2. The minimum Gasteiger partial charge on any atom is -0.370 e. The Balaban J connectivity index is 1.54. The van der Waals surface area contributed by atoms with Crippen molar-refractivity contribution in [1.82, 2.24) is 9.88 Å². The molecule has 2 heterocycles. The number of likely N-dealkylation sites (N-methyl/N-ethyl adjacent to an activating group) is 1. The van der Waals surface area contributed by atoms with E-state index >= 15 is 8.78 Å². The number of hydrogen-bond donors (Lipinski definition) is 0. The van der Waals surface area contributed by atoms with Gasteiger partial charge in [-0.05, 0) is 37.1 Å². The maximum absolute atomic E-state index is 15.3. The van der Waals surface area contributed by atoms with Crippen LogP contribution in [-0.2, 0) is 22.1 Å². The molecule has 0 spiro atoms. The molecule has 1 atom stereocenters. The van der Waals surface area contributed by atoms with Crippen LogP contribution in [0.2, 0.25) is 0 Å². The quantitative estimate of drug-likeness (QED) is 0.490. The van der Waals surface area contributed by atoms with E-state index in [1.165, 1.54) is 18.6 Å². The summed E-state index contributed by atoms with van der Waals surface area (Å²) in [4.78, 5) is 6.82. The summed E-state index contributed by atoms with van der Waals surface area (Å²) in [7, 11) is -2.60. The van der Waals surface area contributed by atoms with Gasteiger partial charge < -0.3 is 4.90 Å². The highest BCUT2D eigenvalue weighted by Gasteiger charge is 2.32. The molecular formula is C25H26F3N3O2S. The van der Waals surface area contributed by atoms with Crippen LogP contribution in [0.4, 0.5) is 18.9 Å². The molecule has 1 fully saturated rings. The smallest absolute Gasteiger partial charge is 0.189 e. The average molecular weight is 490 g/mol. The Labute approximate surface area is 197 Å². The molecule has 0 radical (unpaired) electrons. The summed E-state index contributed by atoms with van der Waals surface area (Å²) in [5, 5.41) is 0. The topological polar surface area (TPSA) is 53.5 Å². The summed E-state index contributed by atoms with van der Waals surface area (Å²) in [5.74, 6) is -3.61. The fourth-order valence-electron chi connectivity index (χ4n) is 4.40. The van der Waals surface area contributed by atoms with Gasteiger partial charge in [0.05, 0.1) is 17.6 Å². The fraction of sp³-hybridized carbons (Fsp3) is 0.320. The lowest BCUT2D eigenvalue weighted by Gasteiger charge is -2.29. The van der Waals surface area contributed by atoms with Crippen molar-refractivity contribution in [1.29, 1.82) is 0 Å². The zero-order chi connectivity index (χ0) is 24.5. The van der Waals surface area contributed by atoms with Gasteiger partial charge in [0.1, 0.15) is 22.3 Å². The van der Waals surface area contributed by atoms with Crippen molar-refractivity contribution in [3.63, 3.8) is 0 Å². The number of likely N-dealkylation sites (tertiary alicyclic amines) is 1. The van der Waals surface area contributed by atoms with Crippen LogP contribution in [0, 0.1) is 24.4 Å². The van der Waals surface area contributed by atoms with Gasteiger partial charge in [-0.1, -0.05) is 30.3 Å². The fourth-order valence-corrected chi connectivity index (χ4v) is 5.89. The Morgan fingerprint density at radius 2 is 1.85 bits per heavy atom. The molecule has 0 aliphatic carbocycles. The highest BCUT2D eigenvalue weighted by molar-refractivity contribution is 7.90. The van der Waals surface area contributed by atoms with Gasteiger partial charge in [0.25, 0.3) is 0 Å². The van der Waals surface area contributed by atoms with Crippen molar-refractivity contribution < 1.29 is 21.6 Å². The van der Waals surface area contributed by atoms with Gasteiger partial charge in [-0.3, -0.25) is 9.88 Å². The van der Waals surface area contributed by atoms with E-state index in [1.807, 2.05) is 23.1 Å². The Morgan fingerprint density at radius 3 is 2.53 bits per heavy atom. The Morgan fingerprint density at radius 1 is 1.12 bits per heavy atom. The second-order valence-corrected chi connectivity index (χ2v) is 10.6. The monoisotopic (exact) mass is 489 g/mol. The van der Waals surface area contributed by atoms with Gasteiger partial charge in [0, 0.05) is 44.0 Å². The zero-order valence-electron chi connectivity index (χ0n) is 19.0. The predicted octanol–water partition coefficient (Wildman–Crippen LogP) is 4.49. The largest absolute Gasteiger partial charge is 0.370 e. The molecule has 0 unspecified atom stereocenters. The first-order valence-electron chi connectivity index (χ1n) is 11.0. The first-order valence-corrected chi connectivity index (χ1v) is 12.6. The molecule has 34 heavy (non-hydrogen) atoms. The van der Waals surface area contributed by atoms with Crippen LogP contribution < -0.4 is 4.90 Å². The van der Waals surface area contributed by atoms with Crippen molar-refractivity contribution >= 4 is 15.5 Å². The number of rotatable bonds is 7. The Hall–Kier alpha value is -2.91. The summed E-state index contributed by atoms with van der Waals surface area (Å²) < 4.78 is 69.0. The SMILES string of the molecule is Cc1c(N(C)[C@H]2CCN(Cc3ccccc3)C2)cc(F)c(S(=O)(=O)Cc2ccc(F)cn2)c1F. The summed E-state index contributed by atoms with van der Waals surface area (Å²) in [6.07, 6.45) is 1.69. The lowest BCUT2D eigenvalue weighted by molar-refractivity contribution is 0.326. The molecule has 0 saturated carbocycles. The summed E-state index contributed by atoms with van der Waals surface area (Å²) in [6.45, 7) is 3.82. The molecule has 3 aromatic rings. The number of aromatic nitrogens is 1. The highest BCUT2D eigenvalue weighted by Crippen LogP contribution is 2.33. The van der Waals surface area contributed by atoms with Crippen molar-refractivity contribution in [3.05, 3.63) is 89.0 Å². The molecule has 5 nitrogen and oxygen atoms in total. The number of hydrogen-bond acceptors (Lipinski definition) is 5. The van der Waals surface area contributed by atoms with Crippen molar-refractivity contribution in [2.75, 3.05) is 25.0 Å². The number of nitrogens with zero attached hydrogens (tertiary/aromatic N) is 3. The normalized spacial score (nSPS) is 16.7. The summed E-state index contributed by atoms with van der Waals surface area (Å²) >= 11 is 0. The summed E-state index contributed by atoms with van der Waals surface area (Å²) in [5.41, 5.74) is 1.59. The van der Waals surface area contributed by atoms with Crippen LogP contribution in [0.3, 0.4) is 0 Å². The molecule has 0 amide bonds. The van der Waals surface area contributed by atoms with E-state index in [2.05, 4.69) is 22.0 Å². The van der Waals surface area contributed by atoms with Crippen LogP contribution in [0.1, 0.15) is 23.2 Å². The van der Waals surface area contributed by atoms with Crippen molar-refractivity contribution in [2.45, 2.75) is 36.6 Å². The third kappa shape index (κ3) is 5.10. The minimum absolute atomic E-state index is 0.00325. The molecule has 1 saturated heterocycles. The molecular weight excluding hydrogens is 463 g/mol. The predicted molar refractivity (Wildman–Crippen MR) is 125 cm³/mol. The first kappa shape index (κ1) is 24.2. The van der Waals surface area contributed by atoms with Gasteiger partial charge in [0.15, 0.2) is 9.84 Å². The van der Waals surface area contributed by atoms with E-state index in [0.29, 0.717) is 5.69 Å². The van der Waals surface area contributed by atoms with Gasteiger partial charge in [0.2, 0.25) is 0 Å². The molecule has 1 aliphatic heterocycles. The van der Waals surface area contributed by atoms with Crippen LogP contribution in [0.5, 0.6) is 0 Å². The molecule has 9 heteroatoms. The lowest BCUT2D eigenvalue weighted by Crippen LogP contribution is -2.35. The van der Waals surface area contributed by atoms with Gasteiger partial charge in [-0.25, -0.2) is 21.6 Å². The minimum atomic E-state index is -4.38. The Bertz CT molecular complexity index is 1270. The number of benzene rings is 2. The standard InChI is InChI=1S/C25H26F3N3O2S/c1-17-23(30(2)21-10-11-31(15-21)14-18-6-4-3-5-7-18)12-22(27)25(24(17)28)34(32,33)16-20-9-8-19(26)13-29-20/h3-9,12-13,21H,10-11,14-16H2,1-2H3/t21-/m0/s1. The number of halogens is 3. The second kappa shape index (κ2) is 9.76. The molecule has 1 aromatic heterocycles. The average Bonchev–Trinajstić information content (AvgIpc) is 3.26. The van der Waals surface area contributed by atoms with Crippen LogP contribution in [0.25, 0.3) is 0 Å². The highest BCUT2D eigenvalue weighted by atomic mass is 32.2. The van der Waals surface area contributed by atoms with Crippen LogP contribution >= 0.6 is 0 Å². The third-order valence-corrected chi connectivity index (χ3v) is 7.93. The van der Waals surface area contributed by atoms with E-state index in [0.717, 1.165) is 44.4 Å². The molecule has 0 N–H and O–H groups in total. The molecule has 4 rings (SSSR count). The maximum Gasteiger partial charge on any atom is 0.189 e. The molecule has 180 valence electrons. The van der Waals surface area contributed by atoms with Gasteiger partial charge >= 0.3 is 0 Å². The number of anilines is 1. The lowest BCUT2D eigenvalue weighted by atomic mass is 10.1. The summed E-state index contributed by atoms with van der Waals surface area (Å²) in [6, 6.07) is 13.4. The number of sulfone groups is 1. The van der Waals surface area contributed by atoms with E-state index < -0.39 is 37.9 Å². The maximum atomic E-state index is 15.3. The van der Waals surface area contributed by atoms with E-state index in [1.54, 1.807) is 7.05 Å².